The fourth-order valence-electron chi connectivity index (χ4n) is 3.49. The molecule has 0 aromatic heterocycles. The Hall–Kier alpha value is -0.120. The lowest BCUT2D eigenvalue weighted by molar-refractivity contribution is -0.0421. The third-order valence-corrected chi connectivity index (χ3v) is 5.06. The third-order valence-electron chi connectivity index (χ3n) is 5.06. The Kier molecular flexibility index (Phi) is 4.68. The standard InChI is InChI=1S/C15H30N2O/c1-13-4-8-15(18,9-5-13)12-17(3)14-6-10-16(2)11-7-14/h13-14,18H,4-12H2,1-3H3. The van der Waals surface area contributed by atoms with E-state index in [2.05, 4.69) is 30.8 Å². The van der Waals surface area contributed by atoms with Crippen molar-refractivity contribution in [3.8, 4) is 0 Å². The van der Waals surface area contributed by atoms with Crippen LogP contribution >= 0.6 is 0 Å². The number of rotatable bonds is 3. The first-order valence-corrected chi connectivity index (χ1v) is 7.60. The van der Waals surface area contributed by atoms with Crippen LogP contribution in [0.25, 0.3) is 0 Å². The molecular weight excluding hydrogens is 224 g/mol. The van der Waals surface area contributed by atoms with Crippen LogP contribution in [0.1, 0.15) is 45.4 Å². The zero-order valence-electron chi connectivity index (χ0n) is 12.4. The molecular formula is C15H30N2O. The van der Waals surface area contributed by atoms with E-state index in [-0.39, 0.29) is 0 Å². The lowest BCUT2D eigenvalue weighted by atomic mass is 9.79. The summed E-state index contributed by atoms with van der Waals surface area (Å²) in [6, 6.07) is 0.671. The SMILES string of the molecule is CC1CCC(O)(CN(C)C2CCN(C)CC2)CC1. The molecule has 1 saturated carbocycles. The molecule has 0 amide bonds. The van der Waals surface area contributed by atoms with Gasteiger partial charge in [-0.25, -0.2) is 0 Å². The highest BCUT2D eigenvalue weighted by atomic mass is 16.3. The second kappa shape index (κ2) is 5.89. The molecule has 1 saturated heterocycles. The van der Waals surface area contributed by atoms with Gasteiger partial charge < -0.3 is 14.9 Å². The summed E-state index contributed by atoms with van der Waals surface area (Å²) in [7, 11) is 4.40. The summed E-state index contributed by atoms with van der Waals surface area (Å²) < 4.78 is 0. The van der Waals surface area contributed by atoms with Crippen molar-refractivity contribution in [2.75, 3.05) is 33.7 Å². The Morgan fingerprint density at radius 3 is 2.28 bits per heavy atom. The second-order valence-corrected chi connectivity index (χ2v) is 6.86. The van der Waals surface area contributed by atoms with Crippen molar-refractivity contribution < 1.29 is 5.11 Å². The van der Waals surface area contributed by atoms with Gasteiger partial charge in [0.05, 0.1) is 5.60 Å². The molecule has 1 heterocycles. The van der Waals surface area contributed by atoms with Crippen LogP contribution in [0.3, 0.4) is 0 Å². The van der Waals surface area contributed by atoms with Crippen molar-refractivity contribution in [2.24, 2.45) is 5.92 Å². The Morgan fingerprint density at radius 2 is 1.72 bits per heavy atom. The average molecular weight is 254 g/mol. The van der Waals surface area contributed by atoms with E-state index in [9.17, 15) is 5.11 Å². The average Bonchev–Trinajstić information content (AvgIpc) is 2.34. The predicted octanol–water partition coefficient (Wildman–Crippen LogP) is 1.95. The molecule has 3 heteroatoms. The molecule has 0 aromatic rings. The van der Waals surface area contributed by atoms with Gasteiger partial charge >= 0.3 is 0 Å². The van der Waals surface area contributed by atoms with Crippen LogP contribution in [-0.2, 0) is 0 Å². The highest BCUT2D eigenvalue weighted by Gasteiger charge is 2.34. The van der Waals surface area contributed by atoms with Gasteiger partial charge in [0.1, 0.15) is 0 Å². The molecule has 2 fully saturated rings. The van der Waals surface area contributed by atoms with Gasteiger partial charge in [-0.05, 0) is 71.6 Å². The Balaban J connectivity index is 1.81. The second-order valence-electron chi connectivity index (χ2n) is 6.86. The van der Waals surface area contributed by atoms with Crippen LogP contribution in [0, 0.1) is 5.92 Å². The van der Waals surface area contributed by atoms with Crippen LogP contribution < -0.4 is 0 Å². The summed E-state index contributed by atoms with van der Waals surface area (Å²) in [5, 5.41) is 10.7. The van der Waals surface area contributed by atoms with E-state index < -0.39 is 5.60 Å². The van der Waals surface area contributed by atoms with Crippen molar-refractivity contribution in [1.82, 2.24) is 9.80 Å². The number of likely N-dealkylation sites (tertiary alicyclic amines) is 1. The minimum absolute atomic E-state index is 0.412. The zero-order valence-corrected chi connectivity index (χ0v) is 12.4. The van der Waals surface area contributed by atoms with E-state index in [4.69, 9.17) is 0 Å². The third kappa shape index (κ3) is 3.69. The highest BCUT2D eigenvalue weighted by molar-refractivity contribution is 4.89. The summed E-state index contributed by atoms with van der Waals surface area (Å²) in [6.07, 6.45) is 6.87. The van der Waals surface area contributed by atoms with Gasteiger partial charge in [-0.2, -0.15) is 0 Å². The van der Waals surface area contributed by atoms with E-state index in [0.717, 1.165) is 25.3 Å². The first-order valence-electron chi connectivity index (χ1n) is 7.60. The quantitative estimate of drug-likeness (QED) is 0.834. The summed E-state index contributed by atoms with van der Waals surface area (Å²) >= 11 is 0. The zero-order chi connectivity index (χ0) is 13.2. The van der Waals surface area contributed by atoms with Crippen molar-refractivity contribution >= 4 is 0 Å². The predicted molar refractivity (Wildman–Crippen MR) is 75.7 cm³/mol. The van der Waals surface area contributed by atoms with Crippen LogP contribution in [0.15, 0.2) is 0 Å². The van der Waals surface area contributed by atoms with Gasteiger partial charge in [-0.3, -0.25) is 0 Å². The number of piperidine rings is 1. The molecule has 0 aromatic carbocycles. The van der Waals surface area contributed by atoms with Crippen molar-refractivity contribution in [3.63, 3.8) is 0 Å². The maximum Gasteiger partial charge on any atom is 0.0774 e. The van der Waals surface area contributed by atoms with Crippen molar-refractivity contribution in [3.05, 3.63) is 0 Å². The first kappa shape index (κ1) is 14.3. The Labute approximate surface area is 112 Å². The van der Waals surface area contributed by atoms with Crippen LogP contribution in [0.4, 0.5) is 0 Å². The highest BCUT2D eigenvalue weighted by Crippen LogP contribution is 2.33. The summed E-state index contributed by atoms with van der Waals surface area (Å²) in [5.74, 6) is 0.805. The number of hydrogen-bond donors (Lipinski definition) is 1. The lowest BCUT2D eigenvalue weighted by Gasteiger charge is -2.42. The fourth-order valence-corrected chi connectivity index (χ4v) is 3.49. The number of nitrogens with zero attached hydrogens (tertiary/aromatic N) is 2. The molecule has 18 heavy (non-hydrogen) atoms. The normalized spacial score (nSPS) is 36.2. The number of likely N-dealkylation sites (N-methyl/N-ethyl adjacent to an activating group) is 1. The molecule has 1 N–H and O–H groups in total. The summed E-state index contributed by atoms with van der Waals surface area (Å²) in [5.41, 5.74) is -0.412. The van der Waals surface area contributed by atoms with E-state index >= 15 is 0 Å². The van der Waals surface area contributed by atoms with Gasteiger partial charge in [0.2, 0.25) is 0 Å². The summed E-state index contributed by atoms with van der Waals surface area (Å²) in [6.45, 7) is 5.57. The monoisotopic (exact) mass is 254 g/mol. The molecule has 1 aliphatic heterocycles. The van der Waals surface area contributed by atoms with Crippen LogP contribution in [-0.4, -0.2) is 60.3 Å². The van der Waals surface area contributed by atoms with Gasteiger partial charge in [-0.15, -0.1) is 0 Å². The molecule has 0 bridgehead atoms. The largest absolute Gasteiger partial charge is 0.389 e. The molecule has 3 nitrogen and oxygen atoms in total. The minimum atomic E-state index is -0.412. The van der Waals surface area contributed by atoms with Crippen molar-refractivity contribution in [1.29, 1.82) is 0 Å². The molecule has 2 aliphatic rings. The van der Waals surface area contributed by atoms with Crippen LogP contribution in [0.2, 0.25) is 0 Å². The maximum absolute atomic E-state index is 10.7. The summed E-state index contributed by atoms with van der Waals surface area (Å²) in [4.78, 5) is 4.82. The minimum Gasteiger partial charge on any atom is -0.389 e. The molecule has 0 radical (unpaired) electrons. The van der Waals surface area contributed by atoms with E-state index in [1.807, 2.05) is 0 Å². The van der Waals surface area contributed by atoms with Gasteiger partial charge in [-0.1, -0.05) is 6.92 Å². The Morgan fingerprint density at radius 1 is 1.17 bits per heavy atom. The topological polar surface area (TPSA) is 26.7 Å². The Bertz CT molecular complexity index is 253. The maximum atomic E-state index is 10.7. The van der Waals surface area contributed by atoms with Crippen molar-refractivity contribution in [2.45, 2.75) is 57.1 Å². The van der Waals surface area contributed by atoms with Gasteiger partial charge in [0.15, 0.2) is 0 Å². The van der Waals surface area contributed by atoms with Crippen LogP contribution in [0.5, 0.6) is 0 Å². The molecule has 106 valence electrons. The molecule has 2 rings (SSSR count). The molecule has 0 unspecified atom stereocenters. The van der Waals surface area contributed by atoms with E-state index in [1.165, 1.54) is 38.8 Å². The van der Waals surface area contributed by atoms with E-state index in [0.29, 0.717) is 6.04 Å². The smallest absolute Gasteiger partial charge is 0.0774 e. The molecule has 0 atom stereocenters. The lowest BCUT2D eigenvalue weighted by Crippen LogP contribution is -2.50. The van der Waals surface area contributed by atoms with Gasteiger partial charge in [0, 0.05) is 12.6 Å². The fraction of sp³-hybridized carbons (Fsp3) is 1.00. The van der Waals surface area contributed by atoms with E-state index in [1.54, 1.807) is 0 Å². The first-order chi connectivity index (χ1) is 8.48. The van der Waals surface area contributed by atoms with Gasteiger partial charge in [0.25, 0.3) is 0 Å². The molecule has 1 aliphatic carbocycles. The molecule has 0 spiro atoms. The number of aliphatic hydroxyl groups is 1. The number of hydrogen-bond acceptors (Lipinski definition) is 3.